The van der Waals surface area contributed by atoms with Gasteiger partial charge in [0, 0.05) is 29.6 Å². The van der Waals surface area contributed by atoms with Crippen molar-refractivity contribution in [2.45, 2.75) is 20.0 Å². The lowest BCUT2D eigenvalue weighted by Crippen LogP contribution is -2.14. The summed E-state index contributed by atoms with van der Waals surface area (Å²) in [6.07, 6.45) is 2.50. The van der Waals surface area contributed by atoms with Gasteiger partial charge in [0.2, 0.25) is 0 Å². The predicted octanol–water partition coefficient (Wildman–Crippen LogP) is 5.20. The Balaban J connectivity index is 1.78. The number of hydrogen-bond acceptors (Lipinski definition) is 7. The van der Waals surface area contributed by atoms with Crippen molar-refractivity contribution in [3.63, 3.8) is 0 Å². The third-order valence-electron chi connectivity index (χ3n) is 5.77. The molecule has 180 valence electrons. The lowest BCUT2D eigenvalue weighted by atomic mass is 10.0. The van der Waals surface area contributed by atoms with Gasteiger partial charge in [-0.25, -0.2) is 4.98 Å². The van der Waals surface area contributed by atoms with Crippen LogP contribution in [-0.4, -0.2) is 51.5 Å². The van der Waals surface area contributed by atoms with E-state index in [-0.39, 0.29) is 23.2 Å². The molecule has 0 aliphatic heterocycles. The molecule has 0 unspecified atom stereocenters. The zero-order valence-electron chi connectivity index (χ0n) is 19.8. The molecule has 0 aliphatic rings. The first-order valence-electron chi connectivity index (χ1n) is 11.2. The van der Waals surface area contributed by atoms with Crippen molar-refractivity contribution in [1.29, 1.82) is 0 Å². The Bertz CT molecular complexity index is 1390. The third kappa shape index (κ3) is 5.43. The van der Waals surface area contributed by atoms with Gasteiger partial charge in [-0.3, -0.25) is 9.78 Å². The Labute approximate surface area is 209 Å². The van der Waals surface area contributed by atoms with Crippen LogP contribution in [0.5, 0.6) is 5.75 Å². The molecule has 0 saturated heterocycles. The van der Waals surface area contributed by atoms with Crippen LogP contribution in [0.2, 0.25) is 5.02 Å². The Hall–Kier alpha value is -3.52. The van der Waals surface area contributed by atoms with E-state index in [0.29, 0.717) is 39.1 Å². The van der Waals surface area contributed by atoms with Crippen molar-refractivity contribution >= 4 is 39.8 Å². The van der Waals surface area contributed by atoms with E-state index in [4.69, 9.17) is 16.6 Å². The van der Waals surface area contributed by atoms with Gasteiger partial charge in [-0.1, -0.05) is 23.7 Å². The van der Waals surface area contributed by atoms with E-state index in [0.717, 1.165) is 18.7 Å². The van der Waals surface area contributed by atoms with Crippen molar-refractivity contribution in [1.82, 2.24) is 14.9 Å². The summed E-state index contributed by atoms with van der Waals surface area (Å²) in [5, 5.41) is 23.1. The van der Waals surface area contributed by atoms with Crippen LogP contribution >= 0.6 is 11.6 Å². The summed E-state index contributed by atoms with van der Waals surface area (Å²) < 4.78 is 0. The van der Waals surface area contributed by atoms with Gasteiger partial charge in [0.25, 0.3) is 0 Å². The van der Waals surface area contributed by atoms with Crippen LogP contribution in [0.25, 0.3) is 22.3 Å². The molecule has 8 heteroatoms. The number of halogens is 1. The molecule has 0 radical (unpaired) electrons. The molecule has 2 heterocycles. The second kappa shape index (κ2) is 10.4. The molecule has 0 fully saturated rings. The van der Waals surface area contributed by atoms with Gasteiger partial charge < -0.3 is 20.4 Å². The van der Waals surface area contributed by atoms with E-state index in [1.165, 1.54) is 12.5 Å². The number of nitrogens with zero attached hydrogens (tertiary/aromatic N) is 3. The van der Waals surface area contributed by atoms with Gasteiger partial charge in [-0.15, -0.1) is 0 Å². The van der Waals surface area contributed by atoms with Crippen molar-refractivity contribution in [2.24, 2.45) is 0 Å². The van der Waals surface area contributed by atoms with Crippen LogP contribution < -0.4 is 5.32 Å². The summed E-state index contributed by atoms with van der Waals surface area (Å²) in [5.74, 6) is -0.289. The van der Waals surface area contributed by atoms with E-state index in [1.54, 1.807) is 24.4 Å². The lowest BCUT2D eigenvalue weighted by molar-refractivity contribution is 0.101. The maximum Gasteiger partial charge on any atom is 0.163 e. The van der Waals surface area contributed by atoms with Gasteiger partial charge in [-0.2, -0.15) is 0 Å². The number of fused-ring (bicyclic) bond motifs is 1. The highest BCUT2D eigenvalue weighted by atomic mass is 35.5. The van der Waals surface area contributed by atoms with Crippen LogP contribution in [0.4, 0.5) is 11.4 Å². The minimum Gasteiger partial charge on any atom is -0.506 e. The molecule has 0 saturated carbocycles. The van der Waals surface area contributed by atoms with Crippen molar-refractivity contribution in [3.05, 3.63) is 76.4 Å². The topological polar surface area (TPSA) is 98.6 Å². The number of nitrogens with one attached hydrogen (secondary N) is 1. The van der Waals surface area contributed by atoms with E-state index in [2.05, 4.69) is 27.3 Å². The van der Waals surface area contributed by atoms with E-state index in [1.807, 2.05) is 32.3 Å². The van der Waals surface area contributed by atoms with E-state index >= 15 is 0 Å². The first kappa shape index (κ1) is 24.6. The van der Waals surface area contributed by atoms with Crippen LogP contribution in [0, 0.1) is 0 Å². The van der Waals surface area contributed by atoms with E-state index in [9.17, 15) is 15.0 Å². The van der Waals surface area contributed by atoms with Crippen molar-refractivity contribution in [3.8, 4) is 17.0 Å². The number of likely N-dealkylation sites (N-methyl/N-ethyl adjacent to an activating group) is 1. The molecule has 0 bridgehead atoms. The number of pyridine rings is 2. The summed E-state index contributed by atoms with van der Waals surface area (Å²) in [5.41, 5.74) is 5.70. The molecule has 0 spiro atoms. The Kier molecular flexibility index (Phi) is 7.31. The number of Topliss-reactive ketones (excluding diaryl/α,β-unsaturated/α-hetero) is 1. The Morgan fingerprint density at radius 1 is 1.11 bits per heavy atom. The number of aromatic nitrogens is 2. The fraction of sp³-hybridized carbons (Fsp3) is 0.222. The van der Waals surface area contributed by atoms with Gasteiger partial charge in [-0.05, 0) is 69.4 Å². The highest BCUT2D eigenvalue weighted by molar-refractivity contribution is 6.32. The molecule has 0 aliphatic carbocycles. The molecular weight excluding hydrogens is 464 g/mol. The fourth-order valence-electron chi connectivity index (χ4n) is 3.80. The summed E-state index contributed by atoms with van der Waals surface area (Å²) in [7, 11) is 4.09. The first-order chi connectivity index (χ1) is 16.8. The van der Waals surface area contributed by atoms with Gasteiger partial charge in [0.05, 0.1) is 34.1 Å². The highest BCUT2D eigenvalue weighted by Crippen LogP contribution is 2.35. The molecule has 7 nitrogen and oxygen atoms in total. The van der Waals surface area contributed by atoms with Crippen LogP contribution in [0.1, 0.15) is 28.4 Å². The standard InChI is InChI=1S/C27H27ClN4O3/c1-16(34)21-14-29-24-9-8-23(18-12-19(15-33)27(35)22(28)13-18)31-26(24)25(21)30-20-6-4-17(5-7-20)10-11-32(2)3/h4-9,12-14,33,35H,10-11,15H2,1-3H3,(H,29,30). The summed E-state index contributed by atoms with van der Waals surface area (Å²) >= 11 is 6.16. The van der Waals surface area contributed by atoms with Crippen molar-refractivity contribution < 1.29 is 15.0 Å². The number of carbonyl (C=O) groups is 1. The summed E-state index contributed by atoms with van der Waals surface area (Å²) in [6, 6.07) is 14.9. The van der Waals surface area contributed by atoms with Gasteiger partial charge in [0.1, 0.15) is 11.3 Å². The van der Waals surface area contributed by atoms with Gasteiger partial charge >= 0.3 is 0 Å². The average molecular weight is 491 g/mol. The largest absolute Gasteiger partial charge is 0.506 e. The minimum atomic E-state index is -0.361. The fourth-order valence-corrected chi connectivity index (χ4v) is 4.04. The monoisotopic (exact) mass is 490 g/mol. The molecule has 0 amide bonds. The average Bonchev–Trinajstić information content (AvgIpc) is 2.84. The quantitative estimate of drug-likeness (QED) is 0.292. The van der Waals surface area contributed by atoms with E-state index < -0.39 is 0 Å². The second-order valence-corrected chi connectivity index (χ2v) is 9.07. The SMILES string of the molecule is CC(=O)c1cnc2ccc(-c3cc(Cl)c(O)c(CO)c3)nc2c1Nc1ccc(CCN(C)C)cc1. The molecule has 4 rings (SSSR count). The molecule has 35 heavy (non-hydrogen) atoms. The number of benzene rings is 2. The maximum absolute atomic E-state index is 12.4. The number of aliphatic hydroxyl groups excluding tert-OH is 1. The summed E-state index contributed by atoms with van der Waals surface area (Å²) in [6.45, 7) is 2.10. The number of aromatic hydroxyl groups is 1. The molecule has 3 N–H and O–H groups in total. The molecule has 2 aromatic heterocycles. The number of rotatable bonds is 8. The van der Waals surface area contributed by atoms with Gasteiger partial charge in [0.15, 0.2) is 5.78 Å². The Morgan fingerprint density at radius 2 is 1.86 bits per heavy atom. The minimum absolute atomic E-state index is 0.122. The molecule has 0 atom stereocenters. The lowest BCUT2D eigenvalue weighted by Gasteiger charge is -2.15. The number of anilines is 2. The maximum atomic E-state index is 12.4. The molecular formula is C27H27ClN4O3. The number of hydrogen-bond donors (Lipinski definition) is 3. The highest BCUT2D eigenvalue weighted by Gasteiger charge is 2.16. The predicted molar refractivity (Wildman–Crippen MR) is 140 cm³/mol. The summed E-state index contributed by atoms with van der Waals surface area (Å²) in [4.78, 5) is 23.8. The smallest absolute Gasteiger partial charge is 0.163 e. The van der Waals surface area contributed by atoms with Crippen LogP contribution in [-0.2, 0) is 13.0 Å². The second-order valence-electron chi connectivity index (χ2n) is 8.67. The zero-order valence-corrected chi connectivity index (χ0v) is 20.6. The normalized spacial score (nSPS) is 11.3. The number of phenols is 1. The van der Waals surface area contributed by atoms with Crippen molar-refractivity contribution in [2.75, 3.05) is 26.0 Å². The zero-order chi connectivity index (χ0) is 25.1. The number of aliphatic hydroxyl groups is 1. The Morgan fingerprint density at radius 3 is 2.51 bits per heavy atom. The third-order valence-corrected chi connectivity index (χ3v) is 6.06. The molecule has 4 aromatic rings. The van der Waals surface area contributed by atoms with Crippen LogP contribution in [0.3, 0.4) is 0 Å². The van der Waals surface area contributed by atoms with Crippen LogP contribution in [0.15, 0.2) is 54.7 Å². The number of carbonyl (C=O) groups excluding carboxylic acids is 1. The number of ketones is 1. The molecule has 2 aromatic carbocycles. The first-order valence-corrected chi connectivity index (χ1v) is 11.6.